The van der Waals surface area contributed by atoms with Gasteiger partial charge in [-0.2, -0.15) is 11.8 Å². The Balaban J connectivity index is 2.29. The molecule has 1 saturated heterocycles. The van der Waals surface area contributed by atoms with Crippen LogP contribution >= 0.6 is 11.8 Å². The van der Waals surface area contributed by atoms with Crippen LogP contribution in [0.5, 0.6) is 0 Å². The summed E-state index contributed by atoms with van der Waals surface area (Å²) in [6, 6.07) is -0.333. The standard InChI is InChI=1S/C10H20N2O3S/c1-10(15,6-16-2)5-12-9(14)8-3-7(13)4-11-8/h7-8,11,13,15H,3-6H2,1-2H3,(H,12,14). The van der Waals surface area contributed by atoms with Gasteiger partial charge in [0.25, 0.3) is 0 Å². The van der Waals surface area contributed by atoms with Gasteiger partial charge in [-0.05, 0) is 19.6 Å². The smallest absolute Gasteiger partial charge is 0.237 e. The van der Waals surface area contributed by atoms with Crippen molar-refractivity contribution in [1.82, 2.24) is 10.6 Å². The van der Waals surface area contributed by atoms with Gasteiger partial charge in [0.1, 0.15) is 0 Å². The van der Waals surface area contributed by atoms with Crippen molar-refractivity contribution in [2.75, 3.05) is 25.1 Å². The van der Waals surface area contributed by atoms with Crippen molar-refractivity contribution in [2.24, 2.45) is 0 Å². The summed E-state index contributed by atoms with van der Waals surface area (Å²) in [5.41, 5.74) is -0.883. The zero-order valence-electron chi connectivity index (χ0n) is 9.69. The molecule has 1 rings (SSSR count). The van der Waals surface area contributed by atoms with Gasteiger partial charge in [-0.25, -0.2) is 0 Å². The van der Waals surface area contributed by atoms with Crippen molar-refractivity contribution in [3.05, 3.63) is 0 Å². The Morgan fingerprint density at radius 3 is 2.88 bits per heavy atom. The lowest BCUT2D eigenvalue weighted by atomic mass is 10.1. The second kappa shape index (κ2) is 5.86. The van der Waals surface area contributed by atoms with E-state index in [0.29, 0.717) is 18.7 Å². The molecule has 1 aliphatic rings. The van der Waals surface area contributed by atoms with Crippen molar-refractivity contribution >= 4 is 17.7 Å². The molecule has 0 spiro atoms. The van der Waals surface area contributed by atoms with Gasteiger partial charge in [0.15, 0.2) is 0 Å². The molecule has 0 aliphatic carbocycles. The minimum absolute atomic E-state index is 0.155. The lowest BCUT2D eigenvalue weighted by Crippen LogP contribution is -2.47. The Morgan fingerprint density at radius 2 is 2.38 bits per heavy atom. The first-order valence-electron chi connectivity index (χ1n) is 5.35. The van der Waals surface area contributed by atoms with E-state index in [1.54, 1.807) is 6.92 Å². The molecule has 4 N–H and O–H groups in total. The summed E-state index contributed by atoms with van der Waals surface area (Å²) in [6.07, 6.45) is 1.91. The first-order chi connectivity index (χ1) is 7.44. The third kappa shape index (κ3) is 4.29. The number of carbonyl (C=O) groups is 1. The maximum absolute atomic E-state index is 11.6. The molecule has 0 aromatic heterocycles. The van der Waals surface area contributed by atoms with Crippen molar-refractivity contribution in [3.63, 3.8) is 0 Å². The number of hydrogen-bond acceptors (Lipinski definition) is 5. The Hall–Kier alpha value is -0.300. The fourth-order valence-corrected chi connectivity index (χ4v) is 2.40. The molecule has 3 atom stereocenters. The first kappa shape index (κ1) is 13.8. The molecule has 1 heterocycles. The van der Waals surface area contributed by atoms with Gasteiger partial charge >= 0.3 is 0 Å². The Morgan fingerprint density at radius 1 is 1.69 bits per heavy atom. The molecule has 1 fully saturated rings. The molecule has 0 aromatic rings. The predicted octanol–water partition coefficient (Wildman–Crippen LogP) is -1.06. The van der Waals surface area contributed by atoms with Crippen molar-refractivity contribution in [3.8, 4) is 0 Å². The maximum atomic E-state index is 11.6. The lowest BCUT2D eigenvalue weighted by molar-refractivity contribution is -0.123. The monoisotopic (exact) mass is 248 g/mol. The highest BCUT2D eigenvalue weighted by molar-refractivity contribution is 7.98. The van der Waals surface area contributed by atoms with Crippen LogP contribution in [-0.4, -0.2) is 59.0 Å². The summed E-state index contributed by atoms with van der Waals surface area (Å²) in [4.78, 5) is 11.6. The molecular weight excluding hydrogens is 228 g/mol. The third-order valence-corrected chi connectivity index (χ3v) is 3.43. The highest BCUT2D eigenvalue weighted by Gasteiger charge is 2.29. The molecule has 1 amide bonds. The van der Waals surface area contributed by atoms with Gasteiger partial charge in [-0.3, -0.25) is 4.79 Å². The average molecular weight is 248 g/mol. The van der Waals surface area contributed by atoms with Crippen LogP contribution in [0.1, 0.15) is 13.3 Å². The Labute approximate surface area is 100.0 Å². The normalized spacial score (nSPS) is 28.8. The van der Waals surface area contributed by atoms with Crippen LogP contribution < -0.4 is 10.6 Å². The van der Waals surface area contributed by atoms with Crippen LogP contribution in [0.4, 0.5) is 0 Å². The first-order valence-corrected chi connectivity index (χ1v) is 6.74. The highest BCUT2D eigenvalue weighted by atomic mass is 32.2. The topological polar surface area (TPSA) is 81.6 Å². The number of amides is 1. The molecule has 0 bridgehead atoms. The van der Waals surface area contributed by atoms with Crippen LogP contribution in [0.15, 0.2) is 0 Å². The van der Waals surface area contributed by atoms with Gasteiger partial charge < -0.3 is 20.8 Å². The number of hydrogen-bond donors (Lipinski definition) is 4. The van der Waals surface area contributed by atoms with E-state index in [4.69, 9.17) is 0 Å². The van der Waals surface area contributed by atoms with E-state index in [1.807, 2.05) is 6.26 Å². The van der Waals surface area contributed by atoms with Gasteiger partial charge in [-0.1, -0.05) is 0 Å². The SMILES string of the molecule is CSCC(C)(O)CNC(=O)C1CC(O)CN1. The number of carbonyl (C=O) groups excluding carboxylic acids is 1. The van der Waals surface area contributed by atoms with E-state index >= 15 is 0 Å². The molecule has 0 aromatic carbocycles. The fraction of sp³-hybridized carbons (Fsp3) is 0.900. The molecule has 5 nitrogen and oxygen atoms in total. The van der Waals surface area contributed by atoms with E-state index in [1.165, 1.54) is 11.8 Å². The van der Waals surface area contributed by atoms with E-state index in [0.717, 1.165) is 0 Å². The van der Waals surface area contributed by atoms with E-state index in [9.17, 15) is 15.0 Å². The number of aliphatic hydroxyl groups is 2. The van der Waals surface area contributed by atoms with Gasteiger partial charge in [-0.15, -0.1) is 0 Å². The molecule has 0 saturated carbocycles. The summed E-state index contributed by atoms with van der Waals surface area (Å²) in [5, 5.41) is 24.7. The van der Waals surface area contributed by atoms with Crippen molar-refractivity contribution in [1.29, 1.82) is 0 Å². The summed E-state index contributed by atoms with van der Waals surface area (Å²) in [7, 11) is 0. The molecule has 0 radical (unpaired) electrons. The van der Waals surface area contributed by atoms with Gasteiger partial charge in [0.05, 0.1) is 17.7 Å². The van der Waals surface area contributed by atoms with Crippen LogP contribution in [-0.2, 0) is 4.79 Å². The number of aliphatic hydroxyl groups excluding tert-OH is 1. The largest absolute Gasteiger partial charge is 0.392 e. The van der Waals surface area contributed by atoms with Crippen LogP contribution in [0.3, 0.4) is 0 Å². The summed E-state index contributed by atoms with van der Waals surface area (Å²) >= 11 is 1.54. The molecule has 6 heteroatoms. The number of nitrogens with one attached hydrogen (secondary N) is 2. The number of β-amino-alcohol motifs (C(OH)–C–C–N with tert-alkyl or cyclic N) is 1. The van der Waals surface area contributed by atoms with Crippen molar-refractivity contribution in [2.45, 2.75) is 31.1 Å². The van der Waals surface area contributed by atoms with E-state index < -0.39 is 11.7 Å². The Kier molecular flexibility index (Phi) is 5.04. The minimum atomic E-state index is -0.883. The molecule has 3 unspecified atom stereocenters. The zero-order valence-corrected chi connectivity index (χ0v) is 10.5. The molecule has 94 valence electrons. The molecule has 1 aliphatic heterocycles. The van der Waals surface area contributed by atoms with E-state index in [2.05, 4.69) is 10.6 Å². The van der Waals surface area contributed by atoms with Gasteiger partial charge in [0, 0.05) is 18.8 Å². The quantitative estimate of drug-likeness (QED) is 0.499. The highest BCUT2D eigenvalue weighted by Crippen LogP contribution is 2.10. The van der Waals surface area contributed by atoms with Crippen molar-refractivity contribution < 1.29 is 15.0 Å². The molecular formula is C10H20N2O3S. The molecule has 16 heavy (non-hydrogen) atoms. The average Bonchev–Trinajstić information content (AvgIpc) is 2.61. The summed E-state index contributed by atoms with van der Waals surface area (Å²) < 4.78 is 0. The number of thioether (sulfide) groups is 1. The zero-order chi connectivity index (χ0) is 12.2. The summed E-state index contributed by atoms with van der Waals surface area (Å²) in [5.74, 6) is 0.423. The van der Waals surface area contributed by atoms with E-state index in [-0.39, 0.29) is 18.5 Å². The predicted molar refractivity (Wildman–Crippen MR) is 64.4 cm³/mol. The second-order valence-electron chi connectivity index (χ2n) is 4.50. The maximum Gasteiger partial charge on any atom is 0.237 e. The summed E-state index contributed by atoms with van der Waals surface area (Å²) in [6.45, 7) is 2.39. The third-order valence-electron chi connectivity index (χ3n) is 2.52. The number of rotatable bonds is 5. The van der Waals surface area contributed by atoms with Crippen LogP contribution in [0.25, 0.3) is 0 Å². The van der Waals surface area contributed by atoms with Crippen LogP contribution in [0.2, 0.25) is 0 Å². The van der Waals surface area contributed by atoms with Crippen LogP contribution in [0, 0.1) is 0 Å². The minimum Gasteiger partial charge on any atom is -0.392 e. The fourth-order valence-electron chi connectivity index (χ4n) is 1.68. The lowest BCUT2D eigenvalue weighted by Gasteiger charge is -2.23. The second-order valence-corrected chi connectivity index (χ2v) is 5.36. The Bertz CT molecular complexity index is 248. The van der Waals surface area contributed by atoms with Gasteiger partial charge in [0.2, 0.25) is 5.91 Å².